The summed E-state index contributed by atoms with van der Waals surface area (Å²) in [5.74, 6) is 1.13. The molecule has 0 aliphatic carbocycles. The third kappa shape index (κ3) is 10.1. The minimum absolute atomic E-state index is 0.0102. The monoisotopic (exact) mass is 486 g/mol. The van der Waals surface area contributed by atoms with Crippen molar-refractivity contribution < 1.29 is 9.53 Å². The number of hydrogen-bond acceptors (Lipinski definition) is 3. The Balaban J connectivity index is 1.54. The van der Waals surface area contributed by atoms with E-state index >= 15 is 0 Å². The van der Waals surface area contributed by atoms with E-state index in [1.165, 1.54) is 19.3 Å². The molecule has 1 aromatic heterocycles. The lowest BCUT2D eigenvalue weighted by Gasteiger charge is -2.08. The minimum Gasteiger partial charge on any atom is -0.477 e. The molecule has 4 nitrogen and oxygen atoms in total. The van der Waals surface area contributed by atoms with E-state index in [-0.39, 0.29) is 5.91 Å². The van der Waals surface area contributed by atoms with Crippen LogP contribution in [0.4, 0.5) is 0 Å². The molecule has 0 saturated heterocycles. The molecule has 0 radical (unpaired) electrons. The van der Waals surface area contributed by atoms with Crippen molar-refractivity contribution in [3.63, 3.8) is 0 Å². The Morgan fingerprint density at radius 1 is 1.16 bits per heavy atom. The standard InChI is InChI=1S/C26H35BrN2O2/c1-20(2)19-28-25(30)17-21(3)13-9-7-5-4-6-8-12-16-31-26-23(27)18-22-14-10-11-15-24(22)29-26/h9-11,13-15,17-18,20H,4-8,12,16,19H2,1-3H3,(H,28,30)/b13-9+,21-17+. The molecule has 0 spiro atoms. The number of rotatable bonds is 13. The molecule has 0 fully saturated rings. The zero-order valence-electron chi connectivity index (χ0n) is 19.0. The van der Waals surface area contributed by atoms with Crippen molar-refractivity contribution in [1.29, 1.82) is 0 Å². The van der Waals surface area contributed by atoms with Gasteiger partial charge in [0.25, 0.3) is 0 Å². The molecule has 0 atom stereocenters. The molecule has 31 heavy (non-hydrogen) atoms. The first-order chi connectivity index (χ1) is 15.0. The van der Waals surface area contributed by atoms with Crippen LogP contribution in [0.1, 0.15) is 59.3 Å². The quantitative estimate of drug-likeness (QED) is 0.188. The van der Waals surface area contributed by atoms with Gasteiger partial charge in [-0.25, -0.2) is 4.98 Å². The van der Waals surface area contributed by atoms with Gasteiger partial charge in [-0.15, -0.1) is 0 Å². The van der Waals surface area contributed by atoms with Crippen LogP contribution in [0.25, 0.3) is 10.9 Å². The van der Waals surface area contributed by atoms with Gasteiger partial charge in [0, 0.05) is 18.0 Å². The number of ether oxygens (including phenoxy) is 1. The van der Waals surface area contributed by atoms with Crippen LogP contribution in [0.15, 0.2) is 58.6 Å². The van der Waals surface area contributed by atoms with Gasteiger partial charge in [-0.2, -0.15) is 0 Å². The number of fused-ring (bicyclic) bond motifs is 1. The van der Waals surface area contributed by atoms with Crippen molar-refractivity contribution in [1.82, 2.24) is 10.3 Å². The Kier molecular flexibility index (Phi) is 11.4. The molecule has 1 aromatic carbocycles. The zero-order chi connectivity index (χ0) is 22.5. The summed E-state index contributed by atoms with van der Waals surface area (Å²) in [7, 11) is 0. The third-order valence-electron chi connectivity index (χ3n) is 4.82. The number of halogens is 1. The molecule has 1 heterocycles. The second-order valence-electron chi connectivity index (χ2n) is 8.30. The number of para-hydroxylation sites is 1. The number of allylic oxidation sites excluding steroid dienone is 3. The number of carbonyl (C=O) groups excluding carboxylic acids is 1. The number of nitrogens with one attached hydrogen (secondary N) is 1. The molecule has 168 valence electrons. The summed E-state index contributed by atoms with van der Waals surface area (Å²) in [6, 6.07) is 10.1. The van der Waals surface area contributed by atoms with Crippen LogP contribution in [0.2, 0.25) is 0 Å². The third-order valence-corrected chi connectivity index (χ3v) is 5.39. The van der Waals surface area contributed by atoms with E-state index in [4.69, 9.17) is 4.74 Å². The molecule has 1 N–H and O–H groups in total. The van der Waals surface area contributed by atoms with Gasteiger partial charge < -0.3 is 10.1 Å². The van der Waals surface area contributed by atoms with Gasteiger partial charge in [-0.3, -0.25) is 4.79 Å². The first-order valence-electron chi connectivity index (χ1n) is 11.3. The fourth-order valence-electron chi connectivity index (χ4n) is 3.12. The fraction of sp³-hybridized carbons (Fsp3) is 0.462. The molecule has 0 aliphatic rings. The summed E-state index contributed by atoms with van der Waals surface area (Å²) in [4.78, 5) is 16.3. The molecular weight excluding hydrogens is 452 g/mol. The molecule has 5 heteroatoms. The number of pyridine rings is 1. The van der Waals surface area contributed by atoms with E-state index < -0.39 is 0 Å². The fourth-order valence-corrected chi connectivity index (χ4v) is 3.57. The summed E-state index contributed by atoms with van der Waals surface area (Å²) < 4.78 is 6.77. The van der Waals surface area contributed by atoms with Gasteiger partial charge >= 0.3 is 0 Å². The number of carbonyl (C=O) groups is 1. The lowest BCUT2D eigenvalue weighted by molar-refractivity contribution is -0.116. The van der Waals surface area contributed by atoms with Crippen LogP contribution in [0, 0.1) is 5.92 Å². The molecule has 2 aromatic rings. The van der Waals surface area contributed by atoms with Crippen molar-refractivity contribution in [2.45, 2.75) is 59.3 Å². The summed E-state index contributed by atoms with van der Waals surface area (Å²) in [6.07, 6.45) is 12.7. The van der Waals surface area contributed by atoms with E-state index in [1.807, 2.05) is 37.3 Å². The Hall–Kier alpha value is -2.14. The predicted octanol–water partition coefficient (Wildman–Crippen LogP) is 6.99. The van der Waals surface area contributed by atoms with Crippen molar-refractivity contribution >= 4 is 32.7 Å². The number of hydrogen-bond donors (Lipinski definition) is 1. The predicted molar refractivity (Wildman–Crippen MR) is 133 cm³/mol. The Morgan fingerprint density at radius 2 is 1.90 bits per heavy atom. The van der Waals surface area contributed by atoms with E-state index in [1.54, 1.807) is 6.08 Å². The summed E-state index contributed by atoms with van der Waals surface area (Å²) in [6.45, 7) is 7.55. The minimum atomic E-state index is -0.0102. The first kappa shape index (κ1) is 25.1. The molecule has 0 unspecified atom stereocenters. The lowest BCUT2D eigenvalue weighted by atomic mass is 10.1. The van der Waals surface area contributed by atoms with Gasteiger partial charge in [-0.05, 0) is 65.7 Å². The van der Waals surface area contributed by atoms with Gasteiger partial charge in [0.2, 0.25) is 11.8 Å². The van der Waals surface area contributed by atoms with E-state index in [0.29, 0.717) is 24.9 Å². The largest absolute Gasteiger partial charge is 0.477 e. The zero-order valence-corrected chi connectivity index (χ0v) is 20.6. The van der Waals surface area contributed by atoms with E-state index in [2.05, 4.69) is 52.2 Å². The molecule has 0 aliphatic heterocycles. The Labute approximate surface area is 195 Å². The highest BCUT2D eigenvalue weighted by atomic mass is 79.9. The maximum absolute atomic E-state index is 11.7. The second-order valence-corrected chi connectivity index (χ2v) is 9.16. The van der Waals surface area contributed by atoms with Crippen molar-refractivity contribution in [3.8, 4) is 5.88 Å². The molecule has 1 amide bonds. The SMILES string of the molecule is CC(/C=C/CCCCCCCOc1nc2ccccc2cc1Br)=C\C(=O)NCC(C)C. The van der Waals surface area contributed by atoms with Crippen molar-refractivity contribution in [3.05, 3.63) is 58.6 Å². The van der Waals surface area contributed by atoms with E-state index in [9.17, 15) is 4.79 Å². The average molecular weight is 487 g/mol. The molecule has 0 bridgehead atoms. The molecule has 0 saturated carbocycles. The number of benzene rings is 1. The first-order valence-corrected chi connectivity index (χ1v) is 12.1. The van der Waals surface area contributed by atoms with Crippen LogP contribution in [-0.2, 0) is 4.79 Å². The number of nitrogens with zero attached hydrogens (tertiary/aromatic N) is 1. The smallest absolute Gasteiger partial charge is 0.244 e. The average Bonchev–Trinajstić information content (AvgIpc) is 2.73. The summed E-state index contributed by atoms with van der Waals surface area (Å²) >= 11 is 3.55. The highest BCUT2D eigenvalue weighted by Gasteiger charge is 2.05. The normalized spacial score (nSPS) is 12.1. The maximum Gasteiger partial charge on any atom is 0.244 e. The van der Waals surface area contributed by atoms with Gasteiger partial charge in [0.1, 0.15) is 0 Å². The Bertz CT molecular complexity index is 890. The number of amides is 1. The van der Waals surface area contributed by atoms with Crippen LogP contribution in [0.5, 0.6) is 5.88 Å². The highest BCUT2D eigenvalue weighted by Crippen LogP contribution is 2.27. The van der Waals surface area contributed by atoms with Crippen molar-refractivity contribution in [2.75, 3.05) is 13.2 Å². The van der Waals surface area contributed by atoms with Crippen LogP contribution < -0.4 is 10.1 Å². The summed E-state index contributed by atoms with van der Waals surface area (Å²) in [5.41, 5.74) is 1.95. The molecular formula is C26H35BrN2O2. The molecule has 2 rings (SSSR count). The Morgan fingerprint density at radius 3 is 2.71 bits per heavy atom. The van der Waals surface area contributed by atoms with Crippen LogP contribution in [0.3, 0.4) is 0 Å². The summed E-state index contributed by atoms with van der Waals surface area (Å²) in [5, 5.41) is 4.01. The van der Waals surface area contributed by atoms with Crippen LogP contribution >= 0.6 is 15.9 Å². The van der Waals surface area contributed by atoms with Gasteiger partial charge in [0.05, 0.1) is 16.6 Å². The second kappa shape index (κ2) is 14.0. The van der Waals surface area contributed by atoms with Crippen LogP contribution in [-0.4, -0.2) is 24.0 Å². The van der Waals surface area contributed by atoms with Gasteiger partial charge in [0.15, 0.2) is 0 Å². The lowest BCUT2D eigenvalue weighted by Crippen LogP contribution is -2.25. The highest BCUT2D eigenvalue weighted by molar-refractivity contribution is 9.10. The number of aromatic nitrogens is 1. The van der Waals surface area contributed by atoms with Gasteiger partial charge in [-0.1, -0.05) is 63.5 Å². The van der Waals surface area contributed by atoms with Crippen molar-refractivity contribution in [2.24, 2.45) is 5.92 Å². The topological polar surface area (TPSA) is 51.2 Å². The maximum atomic E-state index is 11.7. The number of unbranched alkanes of at least 4 members (excludes halogenated alkanes) is 5. The van der Waals surface area contributed by atoms with E-state index in [0.717, 1.165) is 40.2 Å².